The molecule has 0 aromatic heterocycles. The maximum absolute atomic E-state index is 12.7. The average molecular weight is 295 g/mol. The highest BCUT2D eigenvalue weighted by Gasteiger charge is 2.53. The molecule has 0 N–H and O–H groups in total. The molecule has 2 heterocycles. The minimum absolute atomic E-state index is 0.133. The lowest BCUT2D eigenvalue weighted by Crippen LogP contribution is -2.77. The predicted molar refractivity (Wildman–Crippen MR) is 87.1 cm³/mol. The van der Waals surface area contributed by atoms with E-state index in [2.05, 4.69) is 49.3 Å². The van der Waals surface area contributed by atoms with Crippen molar-refractivity contribution in [1.82, 2.24) is 14.7 Å². The van der Waals surface area contributed by atoms with Crippen LogP contribution in [-0.4, -0.2) is 65.0 Å². The Labute approximate surface area is 130 Å². The highest BCUT2D eigenvalue weighted by Crippen LogP contribution is 2.36. The van der Waals surface area contributed by atoms with E-state index >= 15 is 0 Å². The van der Waals surface area contributed by atoms with E-state index in [1.165, 1.54) is 12.8 Å². The third-order valence-corrected chi connectivity index (χ3v) is 5.61. The molecule has 0 saturated carbocycles. The Balaban J connectivity index is 2.25. The van der Waals surface area contributed by atoms with Crippen LogP contribution in [0.25, 0.3) is 0 Å². The first-order valence-corrected chi connectivity index (χ1v) is 8.77. The van der Waals surface area contributed by atoms with Crippen molar-refractivity contribution in [2.24, 2.45) is 5.92 Å². The van der Waals surface area contributed by atoms with Gasteiger partial charge in [0.15, 0.2) is 0 Å². The van der Waals surface area contributed by atoms with Gasteiger partial charge in [-0.25, -0.2) is 0 Å². The van der Waals surface area contributed by atoms with Gasteiger partial charge >= 0.3 is 0 Å². The van der Waals surface area contributed by atoms with E-state index in [1.807, 2.05) is 0 Å². The standard InChI is InChI=1S/C17H33N3O/c1-6-8-10-18-11-12-19-13-14(3)16(21)20(9-7-2)17(19,5)15(18)4/h14-15H,6-13H2,1-5H3/t14?,15?,17-/m1/s1. The number of rotatable bonds is 5. The van der Waals surface area contributed by atoms with Crippen LogP contribution in [0.2, 0.25) is 0 Å². The number of fused-ring (bicyclic) bond motifs is 1. The fraction of sp³-hybridized carbons (Fsp3) is 0.941. The largest absolute Gasteiger partial charge is 0.323 e. The second-order valence-electron chi connectivity index (χ2n) is 7.00. The molecule has 2 saturated heterocycles. The van der Waals surface area contributed by atoms with Gasteiger partial charge in [0.2, 0.25) is 5.91 Å². The number of carbonyl (C=O) groups is 1. The van der Waals surface area contributed by atoms with Crippen molar-refractivity contribution in [3.8, 4) is 0 Å². The highest BCUT2D eigenvalue weighted by atomic mass is 16.2. The van der Waals surface area contributed by atoms with Crippen LogP contribution < -0.4 is 0 Å². The summed E-state index contributed by atoms with van der Waals surface area (Å²) in [6.45, 7) is 16.3. The molecule has 1 amide bonds. The molecule has 2 aliphatic heterocycles. The van der Waals surface area contributed by atoms with E-state index in [1.54, 1.807) is 0 Å². The third kappa shape index (κ3) is 2.85. The van der Waals surface area contributed by atoms with E-state index in [4.69, 9.17) is 0 Å². The van der Waals surface area contributed by atoms with Crippen molar-refractivity contribution >= 4 is 5.91 Å². The van der Waals surface area contributed by atoms with Crippen LogP contribution in [0.15, 0.2) is 0 Å². The van der Waals surface area contributed by atoms with Gasteiger partial charge in [-0.2, -0.15) is 0 Å². The third-order valence-electron chi connectivity index (χ3n) is 5.61. The van der Waals surface area contributed by atoms with E-state index in [9.17, 15) is 4.79 Å². The molecule has 0 spiro atoms. The molecule has 4 nitrogen and oxygen atoms in total. The van der Waals surface area contributed by atoms with Crippen LogP contribution in [0.4, 0.5) is 0 Å². The van der Waals surface area contributed by atoms with Gasteiger partial charge in [0, 0.05) is 38.1 Å². The second-order valence-corrected chi connectivity index (χ2v) is 7.00. The minimum Gasteiger partial charge on any atom is -0.323 e. The number of unbranched alkanes of at least 4 members (excludes halogenated alkanes) is 1. The van der Waals surface area contributed by atoms with Gasteiger partial charge in [0.05, 0.1) is 0 Å². The van der Waals surface area contributed by atoms with E-state index < -0.39 is 0 Å². The van der Waals surface area contributed by atoms with Gasteiger partial charge in [-0.1, -0.05) is 27.2 Å². The van der Waals surface area contributed by atoms with Gasteiger partial charge in [-0.15, -0.1) is 0 Å². The Morgan fingerprint density at radius 3 is 2.48 bits per heavy atom. The maximum atomic E-state index is 12.7. The van der Waals surface area contributed by atoms with Crippen LogP contribution in [0.5, 0.6) is 0 Å². The lowest BCUT2D eigenvalue weighted by atomic mass is 9.88. The molecule has 2 aliphatic rings. The van der Waals surface area contributed by atoms with Crippen molar-refractivity contribution in [1.29, 1.82) is 0 Å². The topological polar surface area (TPSA) is 26.8 Å². The molecule has 0 radical (unpaired) electrons. The Morgan fingerprint density at radius 2 is 1.86 bits per heavy atom. The molecular weight excluding hydrogens is 262 g/mol. The van der Waals surface area contributed by atoms with Crippen LogP contribution in [0.1, 0.15) is 53.9 Å². The monoisotopic (exact) mass is 295 g/mol. The van der Waals surface area contributed by atoms with E-state index in [0.717, 1.165) is 39.1 Å². The molecular formula is C17H33N3O. The molecule has 0 aromatic carbocycles. The summed E-state index contributed by atoms with van der Waals surface area (Å²) in [6, 6.07) is 0.404. The summed E-state index contributed by atoms with van der Waals surface area (Å²) in [5.41, 5.74) is -0.133. The van der Waals surface area contributed by atoms with Crippen molar-refractivity contribution in [3.63, 3.8) is 0 Å². The van der Waals surface area contributed by atoms with Crippen LogP contribution in [0, 0.1) is 5.92 Å². The normalized spacial score (nSPS) is 35.1. The molecule has 0 aromatic rings. The fourth-order valence-corrected chi connectivity index (χ4v) is 4.08. The molecule has 2 rings (SSSR count). The van der Waals surface area contributed by atoms with Gasteiger partial charge in [0.1, 0.15) is 5.66 Å². The zero-order valence-corrected chi connectivity index (χ0v) is 14.6. The summed E-state index contributed by atoms with van der Waals surface area (Å²) in [5.74, 6) is 0.485. The summed E-state index contributed by atoms with van der Waals surface area (Å²) < 4.78 is 0. The molecule has 2 unspecified atom stereocenters. The van der Waals surface area contributed by atoms with Crippen molar-refractivity contribution in [3.05, 3.63) is 0 Å². The van der Waals surface area contributed by atoms with Crippen molar-refractivity contribution in [2.45, 2.75) is 65.6 Å². The SMILES string of the molecule is CCCCN1CCN2CC(C)C(=O)N(CCC)[C@]2(C)C1C. The number of amides is 1. The summed E-state index contributed by atoms with van der Waals surface area (Å²) >= 11 is 0. The second kappa shape index (κ2) is 6.66. The van der Waals surface area contributed by atoms with E-state index in [-0.39, 0.29) is 11.6 Å². The lowest BCUT2D eigenvalue weighted by molar-refractivity contribution is -0.186. The number of piperazine rings is 1. The Morgan fingerprint density at radius 1 is 1.14 bits per heavy atom. The fourth-order valence-electron chi connectivity index (χ4n) is 4.08. The highest BCUT2D eigenvalue weighted by molar-refractivity contribution is 5.80. The van der Waals surface area contributed by atoms with Crippen LogP contribution in [0.3, 0.4) is 0 Å². The number of nitrogens with zero attached hydrogens (tertiary/aromatic N) is 3. The predicted octanol–water partition coefficient (Wildman–Crippen LogP) is 2.40. The molecule has 4 heteroatoms. The minimum atomic E-state index is -0.133. The average Bonchev–Trinajstić information content (AvgIpc) is 2.47. The van der Waals surface area contributed by atoms with E-state index in [0.29, 0.717) is 11.9 Å². The molecule has 21 heavy (non-hydrogen) atoms. The summed E-state index contributed by atoms with van der Waals surface area (Å²) in [4.78, 5) is 20.0. The number of carbonyl (C=O) groups excluding carboxylic acids is 1. The zero-order valence-electron chi connectivity index (χ0n) is 14.6. The van der Waals surface area contributed by atoms with Crippen LogP contribution >= 0.6 is 0 Å². The summed E-state index contributed by atoms with van der Waals surface area (Å²) in [7, 11) is 0. The Bertz CT molecular complexity index is 373. The number of hydrogen-bond acceptors (Lipinski definition) is 3. The lowest BCUT2D eigenvalue weighted by Gasteiger charge is -2.61. The Kier molecular flexibility index (Phi) is 5.31. The summed E-state index contributed by atoms with van der Waals surface area (Å²) in [5, 5.41) is 0. The first kappa shape index (κ1) is 16.8. The quantitative estimate of drug-likeness (QED) is 0.779. The van der Waals surface area contributed by atoms with Crippen LogP contribution in [-0.2, 0) is 4.79 Å². The van der Waals surface area contributed by atoms with Gasteiger partial charge in [-0.05, 0) is 33.2 Å². The van der Waals surface area contributed by atoms with Gasteiger partial charge in [0.25, 0.3) is 0 Å². The molecule has 3 atom stereocenters. The maximum Gasteiger partial charge on any atom is 0.228 e. The van der Waals surface area contributed by atoms with Gasteiger partial charge in [-0.3, -0.25) is 14.6 Å². The smallest absolute Gasteiger partial charge is 0.228 e. The van der Waals surface area contributed by atoms with Crippen molar-refractivity contribution in [2.75, 3.05) is 32.7 Å². The first-order chi connectivity index (χ1) is 9.96. The first-order valence-electron chi connectivity index (χ1n) is 8.77. The molecule has 0 aliphatic carbocycles. The zero-order chi connectivity index (χ0) is 15.6. The molecule has 0 bridgehead atoms. The Hall–Kier alpha value is -0.610. The molecule has 122 valence electrons. The van der Waals surface area contributed by atoms with Crippen molar-refractivity contribution < 1.29 is 4.79 Å². The van der Waals surface area contributed by atoms with Gasteiger partial charge < -0.3 is 4.90 Å². The molecule has 2 fully saturated rings. The summed E-state index contributed by atoms with van der Waals surface area (Å²) in [6.07, 6.45) is 3.51. The number of hydrogen-bond donors (Lipinski definition) is 0.